The summed E-state index contributed by atoms with van der Waals surface area (Å²) in [5, 5.41) is 10.6. The molecule has 0 aromatic heterocycles. The Labute approximate surface area is 131 Å². The summed E-state index contributed by atoms with van der Waals surface area (Å²) in [6.07, 6.45) is 1.52. The summed E-state index contributed by atoms with van der Waals surface area (Å²) in [5.74, 6) is -1.08. The zero-order valence-corrected chi connectivity index (χ0v) is 13.0. The second kappa shape index (κ2) is 10.8. The number of unbranched alkanes of at least 4 members (excludes halogenated alkanes) is 1. The van der Waals surface area contributed by atoms with Gasteiger partial charge in [-0.3, -0.25) is 9.59 Å². The number of nitrogens with one attached hydrogen (secondary N) is 1. The van der Waals surface area contributed by atoms with Crippen molar-refractivity contribution in [2.24, 2.45) is 0 Å². The molecule has 0 saturated carbocycles. The van der Waals surface area contributed by atoms with E-state index in [2.05, 4.69) is 5.43 Å². The highest BCUT2D eigenvalue weighted by Gasteiger charge is 2.09. The number of nitrogens with zero attached hydrogens (tertiary/aromatic N) is 1. The van der Waals surface area contributed by atoms with E-state index < -0.39 is 5.97 Å². The lowest BCUT2D eigenvalue weighted by Gasteiger charge is -2.23. The second-order valence-electron chi connectivity index (χ2n) is 4.90. The molecule has 0 aliphatic heterocycles. The van der Waals surface area contributed by atoms with E-state index in [4.69, 9.17) is 9.84 Å². The summed E-state index contributed by atoms with van der Waals surface area (Å²) in [6.45, 7) is 3.55. The predicted molar refractivity (Wildman–Crippen MR) is 83.0 cm³/mol. The van der Waals surface area contributed by atoms with Crippen LogP contribution in [0.3, 0.4) is 0 Å². The van der Waals surface area contributed by atoms with Crippen molar-refractivity contribution in [2.45, 2.75) is 32.7 Å². The zero-order valence-electron chi connectivity index (χ0n) is 13.0. The Bertz CT molecular complexity index is 451. The van der Waals surface area contributed by atoms with Crippen molar-refractivity contribution in [1.82, 2.24) is 10.4 Å². The summed E-state index contributed by atoms with van der Waals surface area (Å²) in [4.78, 5) is 22.0. The van der Waals surface area contributed by atoms with Crippen molar-refractivity contribution in [3.8, 4) is 0 Å². The Morgan fingerprint density at radius 2 is 1.95 bits per heavy atom. The SMILES string of the molecule is CCOC(=O)CNN(CCCCC(=O)O)Cc1ccccc1. The molecule has 1 aromatic carbocycles. The number of benzene rings is 1. The molecule has 0 aliphatic rings. The van der Waals surface area contributed by atoms with Crippen LogP contribution in [0.15, 0.2) is 30.3 Å². The molecule has 6 heteroatoms. The highest BCUT2D eigenvalue weighted by Crippen LogP contribution is 2.05. The quantitative estimate of drug-likeness (QED) is 0.369. The Morgan fingerprint density at radius 1 is 1.23 bits per heavy atom. The first-order valence-corrected chi connectivity index (χ1v) is 7.51. The van der Waals surface area contributed by atoms with Crippen molar-refractivity contribution in [3.05, 3.63) is 35.9 Å². The molecule has 0 radical (unpaired) electrons. The Hall–Kier alpha value is -1.92. The van der Waals surface area contributed by atoms with Crippen LogP contribution >= 0.6 is 0 Å². The van der Waals surface area contributed by atoms with Crippen LogP contribution in [0.5, 0.6) is 0 Å². The van der Waals surface area contributed by atoms with Gasteiger partial charge in [-0.2, -0.15) is 0 Å². The van der Waals surface area contributed by atoms with Crippen molar-refractivity contribution >= 4 is 11.9 Å². The van der Waals surface area contributed by atoms with Crippen LogP contribution in [0, 0.1) is 0 Å². The smallest absolute Gasteiger partial charge is 0.321 e. The lowest BCUT2D eigenvalue weighted by Crippen LogP contribution is -2.41. The van der Waals surface area contributed by atoms with Gasteiger partial charge in [-0.25, -0.2) is 10.4 Å². The van der Waals surface area contributed by atoms with Crippen LogP contribution in [-0.4, -0.2) is 41.8 Å². The van der Waals surface area contributed by atoms with Gasteiger partial charge in [0.1, 0.15) is 6.54 Å². The summed E-state index contributed by atoms with van der Waals surface area (Å²) in [7, 11) is 0. The number of hydrogen-bond acceptors (Lipinski definition) is 5. The van der Waals surface area contributed by atoms with Crippen LogP contribution < -0.4 is 5.43 Å². The van der Waals surface area contributed by atoms with Gasteiger partial charge in [0.05, 0.1) is 6.61 Å². The van der Waals surface area contributed by atoms with Gasteiger partial charge in [0, 0.05) is 19.5 Å². The number of ether oxygens (including phenoxy) is 1. The van der Waals surface area contributed by atoms with Gasteiger partial charge in [-0.05, 0) is 25.3 Å². The molecule has 0 bridgehead atoms. The molecule has 22 heavy (non-hydrogen) atoms. The minimum Gasteiger partial charge on any atom is -0.481 e. The molecule has 0 heterocycles. The molecule has 0 spiro atoms. The largest absolute Gasteiger partial charge is 0.481 e. The number of carbonyl (C=O) groups is 2. The molecule has 1 aromatic rings. The topological polar surface area (TPSA) is 78.9 Å². The molecule has 0 saturated heterocycles. The van der Waals surface area contributed by atoms with Gasteiger partial charge in [-0.15, -0.1) is 0 Å². The maximum atomic E-state index is 11.4. The van der Waals surface area contributed by atoms with Crippen molar-refractivity contribution in [2.75, 3.05) is 19.7 Å². The van der Waals surface area contributed by atoms with Gasteiger partial charge in [0.25, 0.3) is 0 Å². The zero-order chi connectivity index (χ0) is 16.2. The number of esters is 1. The molecular formula is C16H24N2O4. The molecule has 2 N–H and O–H groups in total. The fraction of sp³-hybridized carbons (Fsp3) is 0.500. The van der Waals surface area contributed by atoms with Crippen LogP contribution in [0.4, 0.5) is 0 Å². The fourth-order valence-electron chi connectivity index (χ4n) is 1.99. The summed E-state index contributed by atoms with van der Waals surface area (Å²) in [6, 6.07) is 9.89. The van der Waals surface area contributed by atoms with E-state index in [1.165, 1.54) is 0 Å². The molecule has 6 nitrogen and oxygen atoms in total. The number of hydrazine groups is 1. The molecule has 122 valence electrons. The van der Waals surface area contributed by atoms with E-state index in [1.807, 2.05) is 35.3 Å². The Balaban J connectivity index is 2.44. The standard InChI is InChI=1S/C16H24N2O4/c1-2-22-16(21)12-17-18(11-7-6-10-15(19)20)13-14-8-4-3-5-9-14/h3-5,8-9,17H,2,6-7,10-13H2,1H3,(H,19,20). The summed E-state index contributed by atoms with van der Waals surface area (Å²) in [5.41, 5.74) is 4.17. The third-order valence-corrected chi connectivity index (χ3v) is 3.04. The van der Waals surface area contributed by atoms with Gasteiger partial charge < -0.3 is 9.84 Å². The average Bonchev–Trinajstić information content (AvgIpc) is 2.50. The van der Waals surface area contributed by atoms with E-state index in [0.717, 1.165) is 12.0 Å². The van der Waals surface area contributed by atoms with Crippen molar-refractivity contribution < 1.29 is 19.4 Å². The van der Waals surface area contributed by atoms with E-state index in [9.17, 15) is 9.59 Å². The average molecular weight is 308 g/mol. The minimum atomic E-state index is -0.783. The highest BCUT2D eigenvalue weighted by atomic mass is 16.5. The van der Waals surface area contributed by atoms with E-state index in [1.54, 1.807) is 6.92 Å². The third-order valence-electron chi connectivity index (χ3n) is 3.04. The molecule has 0 amide bonds. The number of carbonyl (C=O) groups excluding carboxylic acids is 1. The monoisotopic (exact) mass is 308 g/mol. The van der Waals surface area contributed by atoms with Crippen LogP contribution in [0.1, 0.15) is 31.7 Å². The maximum Gasteiger partial charge on any atom is 0.321 e. The number of hydrogen-bond donors (Lipinski definition) is 2. The van der Waals surface area contributed by atoms with Gasteiger partial charge in [-0.1, -0.05) is 30.3 Å². The summed E-state index contributed by atoms with van der Waals surface area (Å²) < 4.78 is 4.89. The van der Waals surface area contributed by atoms with Crippen LogP contribution in [0.25, 0.3) is 0 Å². The van der Waals surface area contributed by atoms with E-state index >= 15 is 0 Å². The number of carboxylic acids is 1. The summed E-state index contributed by atoms with van der Waals surface area (Å²) >= 11 is 0. The van der Waals surface area contributed by atoms with E-state index in [-0.39, 0.29) is 18.9 Å². The molecular weight excluding hydrogens is 284 g/mol. The van der Waals surface area contributed by atoms with Crippen molar-refractivity contribution in [1.29, 1.82) is 0 Å². The molecule has 1 rings (SSSR count). The Kier molecular flexibility index (Phi) is 8.86. The van der Waals surface area contributed by atoms with Gasteiger partial charge in [0.2, 0.25) is 0 Å². The maximum absolute atomic E-state index is 11.4. The molecule has 0 fully saturated rings. The number of aliphatic carboxylic acids is 1. The van der Waals surface area contributed by atoms with Crippen molar-refractivity contribution in [3.63, 3.8) is 0 Å². The first-order chi connectivity index (χ1) is 10.6. The lowest BCUT2D eigenvalue weighted by atomic mass is 10.2. The number of carboxylic acid groups (broad SMARTS) is 1. The first kappa shape index (κ1) is 18.1. The molecule has 0 atom stereocenters. The normalized spacial score (nSPS) is 10.6. The first-order valence-electron chi connectivity index (χ1n) is 7.51. The van der Waals surface area contributed by atoms with E-state index in [0.29, 0.717) is 26.1 Å². The second-order valence-corrected chi connectivity index (χ2v) is 4.90. The predicted octanol–water partition coefficient (Wildman–Crippen LogP) is 1.81. The van der Waals surface area contributed by atoms with Crippen LogP contribution in [0.2, 0.25) is 0 Å². The highest BCUT2D eigenvalue weighted by molar-refractivity contribution is 5.71. The fourth-order valence-corrected chi connectivity index (χ4v) is 1.99. The minimum absolute atomic E-state index is 0.111. The molecule has 0 unspecified atom stereocenters. The van der Waals surface area contributed by atoms with Crippen LogP contribution in [-0.2, 0) is 20.9 Å². The number of rotatable bonds is 11. The Morgan fingerprint density at radius 3 is 2.59 bits per heavy atom. The molecule has 0 aliphatic carbocycles. The third kappa shape index (κ3) is 8.39. The van der Waals surface area contributed by atoms with Gasteiger partial charge in [0.15, 0.2) is 0 Å². The van der Waals surface area contributed by atoms with Gasteiger partial charge >= 0.3 is 11.9 Å². The lowest BCUT2D eigenvalue weighted by molar-refractivity contribution is -0.143.